The Morgan fingerprint density at radius 3 is 1.05 bits per heavy atom. The van der Waals surface area contributed by atoms with E-state index in [0.717, 1.165) is 0 Å². The third-order valence-corrected chi connectivity index (χ3v) is 8.17. The Bertz CT molecular complexity index is 1690. The van der Waals surface area contributed by atoms with Gasteiger partial charge in [-0.15, -0.1) is 0 Å². The smallest absolute Gasteiger partial charge is 0.144 e. The Labute approximate surface area is 274 Å². The first-order valence-electron chi connectivity index (χ1n) is 13.2. The normalized spacial score (nSPS) is 13.6. The van der Waals surface area contributed by atoms with E-state index >= 15 is 0 Å². The molecule has 6 rings (SSSR count). The lowest BCUT2D eigenvalue weighted by atomic mass is 9.81. The van der Waals surface area contributed by atoms with Crippen molar-refractivity contribution in [2.24, 2.45) is 0 Å². The van der Waals surface area contributed by atoms with Gasteiger partial charge in [-0.2, -0.15) is 0 Å². The molecule has 0 aliphatic rings. The van der Waals surface area contributed by atoms with E-state index < -0.39 is 11.2 Å². The van der Waals surface area contributed by atoms with Crippen molar-refractivity contribution in [3.63, 3.8) is 0 Å². The van der Waals surface area contributed by atoms with Crippen LogP contribution >= 0.6 is 46.4 Å². The Kier molecular flexibility index (Phi) is 9.91. The number of rotatable bonds is 6. The molecule has 0 bridgehead atoms. The van der Waals surface area contributed by atoms with Gasteiger partial charge in [0.05, 0.1) is 0 Å². The molecule has 0 aliphatic carbocycles. The van der Waals surface area contributed by atoms with Crippen LogP contribution in [0.4, 0.5) is 0 Å². The fourth-order valence-electron chi connectivity index (χ4n) is 4.82. The van der Waals surface area contributed by atoms with E-state index in [1.807, 2.05) is 24.3 Å². The monoisotopic (exact) mass is 660 g/mol. The molecular weight excluding hydrogens is 638 g/mol. The average molecular weight is 662 g/mol. The van der Waals surface area contributed by atoms with Crippen molar-refractivity contribution >= 4 is 46.4 Å². The lowest BCUT2D eigenvalue weighted by molar-refractivity contribution is 0.124. The van der Waals surface area contributed by atoms with Crippen LogP contribution in [0.1, 0.15) is 33.4 Å². The van der Waals surface area contributed by atoms with E-state index in [1.165, 1.54) is 12.7 Å². The van der Waals surface area contributed by atoms with Crippen LogP contribution < -0.4 is 0 Å². The lowest BCUT2D eigenvalue weighted by Crippen LogP contribution is -2.29. The first-order chi connectivity index (χ1) is 21.2. The van der Waals surface area contributed by atoms with Gasteiger partial charge in [0, 0.05) is 67.1 Å². The summed E-state index contributed by atoms with van der Waals surface area (Å²) in [5.74, 6) is 0. The van der Waals surface area contributed by atoms with Crippen LogP contribution in [0.25, 0.3) is 0 Å². The molecule has 0 fully saturated rings. The highest BCUT2D eigenvalue weighted by Crippen LogP contribution is 2.41. The molecule has 10 heteroatoms. The van der Waals surface area contributed by atoms with Gasteiger partial charge >= 0.3 is 0 Å². The maximum absolute atomic E-state index is 11.5. The molecule has 0 saturated heterocycles. The number of benzene rings is 4. The lowest BCUT2D eigenvalue weighted by Gasteiger charge is -2.30. The van der Waals surface area contributed by atoms with E-state index in [9.17, 15) is 10.2 Å². The van der Waals surface area contributed by atoms with E-state index in [2.05, 4.69) is 19.9 Å². The van der Waals surface area contributed by atoms with Crippen molar-refractivity contribution in [3.05, 3.63) is 188 Å². The third kappa shape index (κ3) is 6.47. The summed E-state index contributed by atoms with van der Waals surface area (Å²) in [7, 11) is 0. The van der Waals surface area contributed by atoms with Gasteiger partial charge in [0.1, 0.15) is 23.9 Å². The molecule has 0 radical (unpaired) electrons. The van der Waals surface area contributed by atoms with Crippen molar-refractivity contribution in [2.45, 2.75) is 11.2 Å². The minimum Gasteiger partial charge on any atom is -0.376 e. The molecule has 6 aromatic rings. The molecule has 2 aromatic heterocycles. The Balaban J connectivity index is 0.000000175. The van der Waals surface area contributed by atoms with Crippen LogP contribution in [-0.2, 0) is 11.2 Å². The van der Waals surface area contributed by atoms with Crippen molar-refractivity contribution in [3.8, 4) is 0 Å². The Hall–Kier alpha value is -3.88. The van der Waals surface area contributed by atoms with Gasteiger partial charge in [-0.25, -0.2) is 19.9 Å². The number of nitrogens with zero attached hydrogens (tertiary/aromatic N) is 4. The zero-order valence-electron chi connectivity index (χ0n) is 22.9. The van der Waals surface area contributed by atoms with Gasteiger partial charge in [0.25, 0.3) is 0 Å². The van der Waals surface area contributed by atoms with Gasteiger partial charge in [0.15, 0.2) is 0 Å². The van der Waals surface area contributed by atoms with E-state index in [0.29, 0.717) is 53.5 Å². The van der Waals surface area contributed by atoms with E-state index in [4.69, 9.17) is 46.4 Å². The van der Waals surface area contributed by atoms with E-state index in [1.54, 1.807) is 97.6 Å². The molecule has 44 heavy (non-hydrogen) atoms. The topological polar surface area (TPSA) is 92.0 Å². The number of aromatic nitrogens is 4. The van der Waals surface area contributed by atoms with Crippen LogP contribution in [0, 0.1) is 0 Å². The van der Waals surface area contributed by atoms with Crippen LogP contribution in [0.15, 0.2) is 135 Å². The van der Waals surface area contributed by atoms with Crippen LogP contribution in [0.3, 0.4) is 0 Å². The molecule has 0 spiro atoms. The quantitative estimate of drug-likeness (QED) is 0.187. The summed E-state index contributed by atoms with van der Waals surface area (Å²) in [6, 6.07) is 28.3. The van der Waals surface area contributed by atoms with Gasteiger partial charge in [-0.05, 0) is 47.5 Å². The predicted octanol–water partition coefficient (Wildman–Crippen LogP) is 8.14. The standard InChI is InChI=1S/2C17H12Cl2N2O/c2*18-14-7-5-12(6-8-14)17(22,13-9-20-11-21-10-13)15-3-1-2-4-16(15)19/h2*1-11,22H. The summed E-state index contributed by atoms with van der Waals surface area (Å²) in [4.78, 5) is 16.0. The largest absolute Gasteiger partial charge is 0.376 e. The number of halogens is 4. The number of hydrogen-bond donors (Lipinski definition) is 2. The SMILES string of the molecule is OC(c1ccc(Cl)cc1)(c1cncnc1)c1ccccc1Cl.OC(c1ccc(Cl)cc1)(c1cncnc1)c1ccccc1Cl. The number of aliphatic hydroxyl groups is 2. The molecule has 0 amide bonds. The molecule has 0 saturated carbocycles. The third-order valence-electron chi connectivity index (χ3n) is 7.01. The molecule has 4 aromatic carbocycles. The van der Waals surface area contributed by atoms with Crippen molar-refractivity contribution in [1.82, 2.24) is 19.9 Å². The van der Waals surface area contributed by atoms with E-state index in [-0.39, 0.29) is 0 Å². The van der Waals surface area contributed by atoms with Crippen molar-refractivity contribution in [2.75, 3.05) is 0 Å². The maximum atomic E-state index is 11.5. The maximum Gasteiger partial charge on any atom is 0.144 e. The molecular formula is C34H24Cl4N4O2. The molecule has 2 unspecified atom stereocenters. The van der Waals surface area contributed by atoms with Crippen molar-refractivity contribution in [1.29, 1.82) is 0 Å². The van der Waals surface area contributed by atoms with Crippen LogP contribution in [0.2, 0.25) is 20.1 Å². The summed E-state index contributed by atoms with van der Waals surface area (Å²) in [5.41, 5.74) is 0.562. The first kappa shape index (κ1) is 31.5. The highest BCUT2D eigenvalue weighted by Gasteiger charge is 2.37. The van der Waals surface area contributed by atoms with Gasteiger partial charge < -0.3 is 10.2 Å². The zero-order valence-corrected chi connectivity index (χ0v) is 25.9. The second-order valence-electron chi connectivity index (χ2n) is 9.65. The minimum atomic E-state index is -1.45. The molecule has 6 nitrogen and oxygen atoms in total. The molecule has 2 atom stereocenters. The Morgan fingerprint density at radius 1 is 0.409 bits per heavy atom. The fourth-order valence-corrected chi connectivity index (χ4v) is 5.62. The first-order valence-corrected chi connectivity index (χ1v) is 14.7. The molecule has 2 heterocycles. The summed E-state index contributed by atoms with van der Waals surface area (Å²) in [6.07, 6.45) is 9.13. The van der Waals surface area contributed by atoms with Crippen molar-refractivity contribution < 1.29 is 10.2 Å². The molecule has 220 valence electrons. The zero-order chi connectivity index (χ0) is 31.2. The highest BCUT2D eigenvalue weighted by molar-refractivity contribution is 6.32. The second-order valence-corrected chi connectivity index (χ2v) is 11.3. The summed E-state index contributed by atoms with van der Waals surface area (Å²) in [6.45, 7) is 0. The summed E-state index contributed by atoms with van der Waals surface area (Å²) >= 11 is 24.5. The number of hydrogen-bond acceptors (Lipinski definition) is 6. The fraction of sp³-hybridized carbons (Fsp3) is 0.0588. The molecule has 0 aliphatic heterocycles. The predicted molar refractivity (Wildman–Crippen MR) is 174 cm³/mol. The van der Waals surface area contributed by atoms with Crippen LogP contribution in [-0.4, -0.2) is 30.1 Å². The summed E-state index contributed by atoms with van der Waals surface area (Å²) < 4.78 is 0. The second kappa shape index (κ2) is 13.8. The van der Waals surface area contributed by atoms with Gasteiger partial charge in [-0.3, -0.25) is 0 Å². The average Bonchev–Trinajstić information content (AvgIpc) is 3.06. The summed E-state index contributed by atoms with van der Waals surface area (Å²) in [5, 5.41) is 25.1. The van der Waals surface area contributed by atoms with Gasteiger partial charge in [0.2, 0.25) is 0 Å². The van der Waals surface area contributed by atoms with Gasteiger partial charge in [-0.1, -0.05) is 107 Å². The Morgan fingerprint density at radius 2 is 0.727 bits per heavy atom. The molecule has 2 N–H and O–H groups in total. The highest BCUT2D eigenvalue weighted by atomic mass is 35.5. The minimum absolute atomic E-state index is 0.462. The van der Waals surface area contributed by atoms with Crippen LogP contribution in [0.5, 0.6) is 0 Å².